The number of amides is 1. The van der Waals surface area contributed by atoms with Crippen LogP contribution in [0.3, 0.4) is 0 Å². The summed E-state index contributed by atoms with van der Waals surface area (Å²) in [5.41, 5.74) is 0. The molecule has 1 amide bonds. The molecule has 0 aromatic rings. The van der Waals surface area contributed by atoms with Gasteiger partial charge in [-0.3, -0.25) is 4.79 Å². The molecule has 2 nitrogen and oxygen atoms in total. The molecule has 1 rings (SSSR count). The van der Waals surface area contributed by atoms with Crippen molar-refractivity contribution in [1.29, 1.82) is 0 Å². The van der Waals surface area contributed by atoms with E-state index in [2.05, 4.69) is 5.32 Å². The Hall–Kier alpha value is -0.440. The number of thioether (sulfide) groups is 1. The molecule has 0 unspecified atom stereocenters. The molecule has 0 saturated carbocycles. The van der Waals surface area contributed by atoms with Gasteiger partial charge >= 0.3 is 0 Å². The zero-order chi connectivity index (χ0) is 6.69. The van der Waals surface area contributed by atoms with Crippen molar-refractivity contribution in [2.24, 2.45) is 0 Å². The summed E-state index contributed by atoms with van der Waals surface area (Å²) in [6, 6.07) is 0. The first-order valence-corrected chi connectivity index (χ1v) is 3.90. The normalized spacial score (nSPS) is 24.1. The Balaban J connectivity index is 2.60. The van der Waals surface area contributed by atoms with E-state index in [1.165, 1.54) is 0 Å². The van der Waals surface area contributed by atoms with Gasteiger partial charge in [0, 0.05) is 12.3 Å². The molecule has 1 N–H and O–H groups in total. The van der Waals surface area contributed by atoms with Crippen LogP contribution in [0.25, 0.3) is 0 Å². The topological polar surface area (TPSA) is 29.1 Å². The van der Waals surface area contributed by atoms with Gasteiger partial charge in [0.25, 0.3) is 5.91 Å². The molecule has 0 spiro atoms. The van der Waals surface area contributed by atoms with E-state index in [9.17, 15) is 4.79 Å². The lowest BCUT2D eigenvalue weighted by atomic mass is 10.5. The highest BCUT2D eigenvalue weighted by molar-refractivity contribution is 8.04. The second-order valence-corrected chi connectivity index (χ2v) is 2.89. The molecule has 0 atom stereocenters. The molecule has 1 aliphatic rings. The number of allylic oxidation sites excluding steroid dienone is 1. The largest absolute Gasteiger partial charge is 0.351 e. The Labute approximate surface area is 58.7 Å². The van der Waals surface area contributed by atoms with Crippen molar-refractivity contribution in [3.05, 3.63) is 11.0 Å². The van der Waals surface area contributed by atoms with Crippen LogP contribution in [0.15, 0.2) is 11.0 Å². The van der Waals surface area contributed by atoms with Gasteiger partial charge in [0.1, 0.15) is 0 Å². The van der Waals surface area contributed by atoms with E-state index in [1.807, 2.05) is 13.0 Å². The van der Waals surface area contributed by atoms with E-state index in [1.54, 1.807) is 11.8 Å². The maximum absolute atomic E-state index is 10.8. The highest BCUT2D eigenvalue weighted by Crippen LogP contribution is 2.17. The van der Waals surface area contributed by atoms with Gasteiger partial charge in [-0.25, -0.2) is 0 Å². The van der Waals surface area contributed by atoms with Crippen molar-refractivity contribution in [1.82, 2.24) is 5.32 Å². The lowest BCUT2D eigenvalue weighted by Crippen LogP contribution is -2.30. The van der Waals surface area contributed by atoms with Crippen LogP contribution in [0.2, 0.25) is 0 Å². The smallest absolute Gasteiger partial charge is 0.257 e. The van der Waals surface area contributed by atoms with Gasteiger partial charge in [-0.15, -0.1) is 11.8 Å². The number of carbonyl (C=O) groups excluding carboxylic acids is 1. The highest BCUT2D eigenvalue weighted by Gasteiger charge is 2.12. The second-order valence-electron chi connectivity index (χ2n) is 1.76. The van der Waals surface area contributed by atoms with Crippen LogP contribution in [0, 0.1) is 0 Å². The van der Waals surface area contributed by atoms with E-state index in [0.717, 1.165) is 17.2 Å². The van der Waals surface area contributed by atoms with E-state index in [4.69, 9.17) is 0 Å². The van der Waals surface area contributed by atoms with E-state index in [0.29, 0.717) is 0 Å². The number of rotatable bonds is 0. The fourth-order valence-corrected chi connectivity index (χ4v) is 1.49. The van der Waals surface area contributed by atoms with Crippen molar-refractivity contribution in [2.45, 2.75) is 6.92 Å². The molecule has 1 fully saturated rings. The summed E-state index contributed by atoms with van der Waals surface area (Å²) in [4.78, 5) is 11.7. The zero-order valence-corrected chi connectivity index (χ0v) is 6.12. The van der Waals surface area contributed by atoms with Crippen molar-refractivity contribution < 1.29 is 4.79 Å². The predicted molar refractivity (Wildman–Crippen MR) is 39.2 cm³/mol. The molecule has 1 heterocycles. The molecule has 9 heavy (non-hydrogen) atoms. The fourth-order valence-electron chi connectivity index (χ4n) is 0.693. The van der Waals surface area contributed by atoms with Gasteiger partial charge in [0.05, 0.1) is 4.91 Å². The number of nitrogens with one attached hydrogen (secondary N) is 1. The van der Waals surface area contributed by atoms with Gasteiger partial charge in [-0.05, 0) is 6.92 Å². The Morgan fingerprint density at radius 3 is 3.00 bits per heavy atom. The third-order valence-corrected chi connectivity index (χ3v) is 2.27. The lowest BCUT2D eigenvalue weighted by Gasteiger charge is -2.12. The fraction of sp³-hybridized carbons (Fsp3) is 0.500. The van der Waals surface area contributed by atoms with Gasteiger partial charge in [0.2, 0.25) is 0 Å². The molecule has 50 valence electrons. The van der Waals surface area contributed by atoms with E-state index in [-0.39, 0.29) is 5.91 Å². The molecule has 1 saturated heterocycles. The number of carbonyl (C=O) groups is 1. The maximum Gasteiger partial charge on any atom is 0.257 e. The molecule has 0 aromatic heterocycles. The van der Waals surface area contributed by atoms with Crippen LogP contribution in [0.4, 0.5) is 0 Å². The third-order valence-electron chi connectivity index (χ3n) is 1.13. The summed E-state index contributed by atoms with van der Waals surface area (Å²) in [7, 11) is 0. The zero-order valence-electron chi connectivity index (χ0n) is 5.31. The third kappa shape index (κ3) is 1.48. The van der Waals surface area contributed by atoms with Crippen LogP contribution in [-0.2, 0) is 4.79 Å². The van der Waals surface area contributed by atoms with Crippen LogP contribution >= 0.6 is 11.8 Å². The first-order chi connectivity index (χ1) is 4.34. The monoisotopic (exact) mass is 143 g/mol. The minimum Gasteiger partial charge on any atom is -0.351 e. The minimum absolute atomic E-state index is 0.0775. The van der Waals surface area contributed by atoms with E-state index < -0.39 is 0 Å². The Bertz CT molecular complexity index is 153. The van der Waals surface area contributed by atoms with Crippen molar-refractivity contribution in [2.75, 3.05) is 12.3 Å². The molecule has 3 heteroatoms. The van der Waals surface area contributed by atoms with Gasteiger partial charge in [-0.1, -0.05) is 6.08 Å². The van der Waals surface area contributed by atoms with Crippen LogP contribution < -0.4 is 5.32 Å². The summed E-state index contributed by atoms with van der Waals surface area (Å²) < 4.78 is 0. The van der Waals surface area contributed by atoms with Crippen molar-refractivity contribution in [3.8, 4) is 0 Å². The number of hydrogen-bond donors (Lipinski definition) is 1. The number of hydrogen-bond acceptors (Lipinski definition) is 2. The predicted octanol–water partition coefficient (Wildman–Crippen LogP) is 0.753. The standard InChI is InChI=1S/C6H9NOS/c1-2-5-6(8)7-3-4-9-5/h2H,3-4H2,1H3,(H,7,8)/b5-2-. The van der Waals surface area contributed by atoms with Gasteiger partial charge < -0.3 is 5.32 Å². The van der Waals surface area contributed by atoms with Crippen molar-refractivity contribution in [3.63, 3.8) is 0 Å². The molecule has 0 aliphatic carbocycles. The SMILES string of the molecule is C/C=C1\SCCNC1=O. The minimum atomic E-state index is 0.0775. The molecular formula is C6H9NOS. The van der Waals surface area contributed by atoms with Crippen LogP contribution in [0.5, 0.6) is 0 Å². The van der Waals surface area contributed by atoms with Crippen molar-refractivity contribution >= 4 is 17.7 Å². The summed E-state index contributed by atoms with van der Waals surface area (Å²) in [5.74, 6) is 1.08. The van der Waals surface area contributed by atoms with E-state index >= 15 is 0 Å². The summed E-state index contributed by atoms with van der Waals surface area (Å²) in [5, 5.41) is 2.75. The second kappa shape index (κ2) is 2.92. The first-order valence-electron chi connectivity index (χ1n) is 2.92. The molecule has 1 aliphatic heterocycles. The van der Waals surface area contributed by atoms with Gasteiger partial charge in [0.15, 0.2) is 0 Å². The average molecular weight is 143 g/mol. The lowest BCUT2D eigenvalue weighted by molar-refractivity contribution is -0.116. The molecule has 0 aromatic carbocycles. The quantitative estimate of drug-likeness (QED) is 0.507. The first kappa shape index (κ1) is 6.68. The summed E-state index contributed by atoms with van der Waals surface area (Å²) in [6.07, 6.45) is 1.85. The molecule has 0 bridgehead atoms. The Morgan fingerprint density at radius 2 is 2.56 bits per heavy atom. The molecule has 0 radical (unpaired) electrons. The van der Waals surface area contributed by atoms with Crippen LogP contribution in [0.1, 0.15) is 6.92 Å². The van der Waals surface area contributed by atoms with Gasteiger partial charge in [-0.2, -0.15) is 0 Å². The Kier molecular flexibility index (Phi) is 2.16. The maximum atomic E-state index is 10.8. The van der Waals surface area contributed by atoms with Crippen LogP contribution in [-0.4, -0.2) is 18.2 Å². The molecular weight excluding hydrogens is 134 g/mol. The summed E-state index contributed by atoms with van der Waals surface area (Å²) in [6.45, 7) is 2.69. The summed E-state index contributed by atoms with van der Waals surface area (Å²) >= 11 is 1.62. The average Bonchev–Trinajstić information content (AvgIpc) is 1.89. The Morgan fingerprint density at radius 1 is 1.78 bits per heavy atom. The highest BCUT2D eigenvalue weighted by atomic mass is 32.2.